The van der Waals surface area contributed by atoms with Crippen LogP contribution in [0.2, 0.25) is 0 Å². The van der Waals surface area contributed by atoms with Crippen LogP contribution in [0.15, 0.2) is 42.5 Å². The summed E-state index contributed by atoms with van der Waals surface area (Å²) in [5.74, 6) is -0.335. The van der Waals surface area contributed by atoms with E-state index >= 15 is 0 Å². The fourth-order valence-electron chi connectivity index (χ4n) is 3.68. The van der Waals surface area contributed by atoms with E-state index in [0.717, 1.165) is 40.3 Å². The number of hydrogen-bond donors (Lipinski definition) is 1. The van der Waals surface area contributed by atoms with E-state index in [1.54, 1.807) is 12.1 Å². The molecule has 29 heavy (non-hydrogen) atoms. The van der Waals surface area contributed by atoms with E-state index in [-0.39, 0.29) is 12.5 Å². The van der Waals surface area contributed by atoms with Gasteiger partial charge in [-0.25, -0.2) is 8.42 Å². The van der Waals surface area contributed by atoms with E-state index in [4.69, 9.17) is 0 Å². The zero-order chi connectivity index (χ0) is 21.0. The molecule has 156 valence electrons. The molecular weight excluding hydrogens is 386 g/mol. The third kappa shape index (κ3) is 5.73. The molecule has 2 aromatic rings. The number of nitrogens with one attached hydrogen (secondary N) is 1. The van der Waals surface area contributed by atoms with Gasteiger partial charge in [-0.1, -0.05) is 18.2 Å². The van der Waals surface area contributed by atoms with Crippen LogP contribution in [-0.4, -0.2) is 40.2 Å². The molecule has 0 unspecified atom stereocenters. The molecule has 1 amide bonds. The van der Waals surface area contributed by atoms with Crippen molar-refractivity contribution in [3.63, 3.8) is 0 Å². The highest BCUT2D eigenvalue weighted by Crippen LogP contribution is 2.22. The molecule has 6 nitrogen and oxygen atoms in total. The average molecular weight is 416 g/mol. The van der Waals surface area contributed by atoms with Gasteiger partial charge in [-0.05, 0) is 67.6 Å². The Hall–Kier alpha value is -2.54. The van der Waals surface area contributed by atoms with Gasteiger partial charge in [0.2, 0.25) is 15.9 Å². The van der Waals surface area contributed by atoms with Crippen LogP contribution < -0.4 is 14.5 Å². The minimum absolute atomic E-state index is 0.242. The maximum Gasteiger partial charge on any atom is 0.241 e. The number of carbonyl (C=O) groups is 1. The quantitative estimate of drug-likeness (QED) is 0.755. The lowest BCUT2D eigenvalue weighted by molar-refractivity contribution is -0.119. The second-order valence-electron chi connectivity index (χ2n) is 7.75. The van der Waals surface area contributed by atoms with Gasteiger partial charge in [0.05, 0.1) is 11.9 Å². The summed E-state index contributed by atoms with van der Waals surface area (Å²) < 4.78 is 25.7. The molecule has 7 heteroatoms. The number of amides is 1. The van der Waals surface area contributed by atoms with Crippen LogP contribution in [0.4, 0.5) is 11.4 Å². The topological polar surface area (TPSA) is 69.7 Å². The van der Waals surface area contributed by atoms with Gasteiger partial charge in [0.25, 0.3) is 0 Å². The first-order valence-electron chi connectivity index (χ1n) is 9.89. The largest absolute Gasteiger partial charge is 0.372 e. The van der Waals surface area contributed by atoms with Gasteiger partial charge in [0.15, 0.2) is 0 Å². The van der Waals surface area contributed by atoms with Crippen molar-refractivity contribution in [3.05, 3.63) is 59.2 Å². The van der Waals surface area contributed by atoms with Crippen LogP contribution in [0, 0.1) is 13.8 Å². The third-order valence-corrected chi connectivity index (χ3v) is 6.22. The summed E-state index contributed by atoms with van der Waals surface area (Å²) in [6.07, 6.45) is 3.58. The molecule has 0 saturated carbocycles. The number of aryl methyl sites for hydroxylation is 2. The normalized spacial score (nSPS) is 14.1. The average Bonchev–Trinajstić information content (AvgIpc) is 3.18. The predicted molar refractivity (Wildman–Crippen MR) is 118 cm³/mol. The Labute approximate surface area is 173 Å². The Bertz CT molecular complexity index is 945. The summed E-state index contributed by atoms with van der Waals surface area (Å²) in [5, 5.41) is 2.83. The fraction of sp³-hybridized carbons (Fsp3) is 0.409. The van der Waals surface area contributed by atoms with Crippen LogP contribution in [0.5, 0.6) is 0 Å². The predicted octanol–water partition coefficient (Wildman–Crippen LogP) is 2.99. The van der Waals surface area contributed by atoms with E-state index in [1.165, 1.54) is 18.5 Å². The molecule has 3 rings (SSSR count). The van der Waals surface area contributed by atoms with Gasteiger partial charge in [-0.3, -0.25) is 9.10 Å². The molecule has 1 aliphatic heterocycles. The maximum atomic E-state index is 12.5. The van der Waals surface area contributed by atoms with Crippen molar-refractivity contribution in [2.75, 3.05) is 35.1 Å². The van der Waals surface area contributed by atoms with Gasteiger partial charge in [0.1, 0.15) is 6.54 Å². The molecule has 0 radical (unpaired) electrons. The van der Waals surface area contributed by atoms with E-state index in [9.17, 15) is 13.2 Å². The first-order valence-corrected chi connectivity index (χ1v) is 11.7. The van der Waals surface area contributed by atoms with Crippen LogP contribution in [0.1, 0.15) is 29.5 Å². The summed E-state index contributed by atoms with van der Waals surface area (Å²) in [6.45, 7) is 6.12. The fourth-order valence-corrected chi connectivity index (χ4v) is 4.52. The number of nitrogens with zero attached hydrogens (tertiary/aromatic N) is 2. The Kier molecular flexibility index (Phi) is 6.47. The first kappa shape index (κ1) is 21.2. The van der Waals surface area contributed by atoms with Crippen molar-refractivity contribution in [2.24, 2.45) is 0 Å². The van der Waals surface area contributed by atoms with Crippen LogP contribution in [0.25, 0.3) is 0 Å². The minimum atomic E-state index is -3.58. The highest BCUT2D eigenvalue weighted by atomic mass is 32.2. The molecule has 1 saturated heterocycles. The van der Waals surface area contributed by atoms with Gasteiger partial charge >= 0.3 is 0 Å². The Morgan fingerprint density at radius 1 is 1.03 bits per heavy atom. The van der Waals surface area contributed by atoms with E-state index in [1.807, 2.05) is 32.0 Å². The summed E-state index contributed by atoms with van der Waals surface area (Å²) >= 11 is 0. The van der Waals surface area contributed by atoms with Crippen LogP contribution >= 0.6 is 0 Å². The minimum Gasteiger partial charge on any atom is -0.372 e. The smallest absolute Gasteiger partial charge is 0.241 e. The number of carbonyl (C=O) groups excluding carboxylic acids is 1. The van der Waals surface area contributed by atoms with Crippen molar-refractivity contribution in [2.45, 2.75) is 33.2 Å². The molecule has 1 aliphatic rings. The van der Waals surface area contributed by atoms with Crippen LogP contribution in [0.3, 0.4) is 0 Å². The SMILES string of the molecule is Cc1cc(C)cc(N(CC(=O)NCc2ccc(N3CCCC3)cc2)S(C)(=O)=O)c1. The summed E-state index contributed by atoms with van der Waals surface area (Å²) in [5.41, 5.74) is 4.60. The number of benzene rings is 2. The number of hydrogen-bond acceptors (Lipinski definition) is 4. The van der Waals surface area contributed by atoms with E-state index in [2.05, 4.69) is 22.3 Å². The highest BCUT2D eigenvalue weighted by Gasteiger charge is 2.21. The number of anilines is 2. The molecule has 0 aromatic heterocycles. The summed E-state index contributed by atoms with van der Waals surface area (Å²) in [4.78, 5) is 14.8. The van der Waals surface area contributed by atoms with Crippen molar-refractivity contribution in [1.82, 2.24) is 5.32 Å². The second-order valence-corrected chi connectivity index (χ2v) is 9.66. The maximum absolute atomic E-state index is 12.5. The molecular formula is C22H29N3O3S. The molecule has 2 aromatic carbocycles. The van der Waals surface area contributed by atoms with Gasteiger partial charge in [-0.2, -0.15) is 0 Å². The molecule has 1 N–H and O–H groups in total. The summed E-state index contributed by atoms with van der Waals surface area (Å²) in [7, 11) is -3.58. The van der Waals surface area contributed by atoms with Crippen molar-refractivity contribution < 1.29 is 13.2 Å². The van der Waals surface area contributed by atoms with E-state index < -0.39 is 10.0 Å². The van der Waals surface area contributed by atoms with Gasteiger partial charge in [-0.15, -0.1) is 0 Å². The lowest BCUT2D eigenvalue weighted by atomic mass is 10.1. The standard InChI is InChI=1S/C22H29N3O3S/c1-17-12-18(2)14-21(13-17)25(29(3,27)28)16-22(26)23-15-19-6-8-20(9-7-19)24-10-4-5-11-24/h6-9,12-14H,4-5,10-11,15-16H2,1-3H3,(H,23,26). The molecule has 0 atom stereocenters. The second kappa shape index (κ2) is 8.86. The first-order chi connectivity index (χ1) is 13.7. The Balaban J connectivity index is 1.63. The van der Waals surface area contributed by atoms with Gasteiger partial charge in [0, 0.05) is 25.3 Å². The Morgan fingerprint density at radius 2 is 1.62 bits per heavy atom. The van der Waals surface area contributed by atoms with Crippen LogP contribution in [-0.2, 0) is 21.4 Å². The van der Waals surface area contributed by atoms with Crippen molar-refractivity contribution in [1.29, 1.82) is 0 Å². The monoisotopic (exact) mass is 415 g/mol. The van der Waals surface area contributed by atoms with Gasteiger partial charge < -0.3 is 10.2 Å². The molecule has 1 fully saturated rings. The lowest BCUT2D eigenvalue weighted by Crippen LogP contribution is -2.40. The van der Waals surface area contributed by atoms with Crippen molar-refractivity contribution in [3.8, 4) is 0 Å². The zero-order valence-electron chi connectivity index (χ0n) is 17.3. The number of sulfonamides is 1. The van der Waals surface area contributed by atoms with Crippen molar-refractivity contribution >= 4 is 27.3 Å². The zero-order valence-corrected chi connectivity index (χ0v) is 18.1. The molecule has 1 heterocycles. The lowest BCUT2D eigenvalue weighted by Gasteiger charge is -2.23. The molecule has 0 bridgehead atoms. The Morgan fingerprint density at radius 3 is 2.17 bits per heavy atom. The number of rotatable bonds is 7. The third-order valence-electron chi connectivity index (χ3n) is 5.08. The highest BCUT2D eigenvalue weighted by molar-refractivity contribution is 7.92. The summed E-state index contributed by atoms with van der Waals surface area (Å²) in [6, 6.07) is 13.7. The molecule has 0 spiro atoms. The van der Waals surface area contributed by atoms with E-state index in [0.29, 0.717) is 12.2 Å². The molecule has 0 aliphatic carbocycles.